The van der Waals surface area contributed by atoms with Gasteiger partial charge in [-0.05, 0) is 41.9 Å². The third kappa shape index (κ3) is 2.44. The lowest BCUT2D eigenvalue weighted by Gasteiger charge is -2.08. The fraction of sp³-hybridized carbons (Fsp3) is 0.250. The van der Waals surface area contributed by atoms with Gasteiger partial charge in [-0.25, -0.2) is 15.0 Å². The number of hydrogen-bond donors (Lipinski definition) is 1. The van der Waals surface area contributed by atoms with Gasteiger partial charge in [0.1, 0.15) is 11.5 Å². The number of nitrogens with zero attached hydrogens (tertiary/aromatic N) is 3. The van der Waals surface area contributed by atoms with Gasteiger partial charge in [-0.15, -0.1) is 0 Å². The van der Waals surface area contributed by atoms with Crippen LogP contribution in [0.2, 0.25) is 0 Å². The largest absolute Gasteiger partial charge is 0.372 e. The number of aryl methyl sites for hydroxylation is 2. The van der Waals surface area contributed by atoms with Crippen LogP contribution in [0, 0.1) is 13.8 Å². The van der Waals surface area contributed by atoms with Gasteiger partial charge in [0.05, 0.1) is 10.2 Å². The summed E-state index contributed by atoms with van der Waals surface area (Å²) in [7, 11) is 1.83. The summed E-state index contributed by atoms with van der Waals surface area (Å²) in [6.45, 7) is 3.89. The first-order chi connectivity index (χ1) is 8.11. The number of halogens is 1. The topological polar surface area (TPSA) is 50.7 Å². The van der Waals surface area contributed by atoms with Crippen molar-refractivity contribution in [2.75, 3.05) is 12.4 Å². The molecule has 0 amide bonds. The molecule has 17 heavy (non-hydrogen) atoms. The average Bonchev–Trinajstić information content (AvgIpc) is 2.32. The van der Waals surface area contributed by atoms with E-state index in [-0.39, 0.29) is 0 Å². The monoisotopic (exact) mass is 292 g/mol. The number of aromatic nitrogens is 3. The van der Waals surface area contributed by atoms with Crippen LogP contribution in [0.15, 0.2) is 22.7 Å². The summed E-state index contributed by atoms with van der Waals surface area (Å²) < 4.78 is 0.886. The molecule has 0 fully saturated rings. The fourth-order valence-electron chi connectivity index (χ4n) is 1.51. The Bertz CT molecular complexity index is 554. The lowest BCUT2D eigenvalue weighted by atomic mass is 10.3. The quantitative estimate of drug-likeness (QED) is 0.925. The summed E-state index contributed by atoms with van der Waals surface area (Å²) in [5, 5.41) is 3.04. The predicted octanol–water partition coefficient (Wildman–Crippen LogP) is 2.96. The van der Waals surface area contributed by atoms with E-state index in [9.17, 15) is 0 Å². The summed E-state index contributed by atoms with van der Waals surface area (Å²) in [5.74, 6) is 1.41. The number of pyridine rings is 1. The van der Waals surface area contributed by atoms with Gasteiger partial charge in [-0.3, -0.25) is 0 Å². The Morgan fingerprint density at radius 3 is 2.53 bits per heavy atom. The summed E-state index contributed by atoms with van der Waals surface area (Å²) >= 11 is 3.45. The van der Waals surface area contributed by atoms with E-state index in [0.29, 0.717) is 5.82 Å². The number of anilines is 1. The smallest absolute Gasteiger partial charge is 0.180 e. The van der Waals surface area contributed by atoms with Gasteiger partial charge in [0.2, 0.25) is 0 Å². The Kier molecular flexibility index (Phi) is 3.38. The predicted molar refractivity (Wildman–Crippen MR) is 72.0 cm³/mol. The van der Waals surface area contributed by atoms with Crippen molar-refractivity contribution in [3.63, 3.8) is 0 Å². The number of hydrogen-bond acceptors (Lipinski definition) is 4. The first-order valence-corrected chi connectivity index (χ1v) is 6.07. The lowest BCUT2D eigenvalue weighted by molar-refractivity contribution is 1.06. The molecule has 0 spiro atoms. The molecule has 0 aromatic carbocycles. The van der Waals surface area contributed by atoms with E-state index in [2.05, 4.69) is 36.2 Å². The fourth-order valence-corrected chi connectivity index (χ4v) is 1.88. The van der Waals surface area contributed by atoms with Crippen molar-refractivity contribution in [3.05, 3.63) is 34.1 Å². The Morgan fingerprint density at radius 2 is 1.88 bits per heavy atom. The second-order valence-corrected chi connectivity index (χ2v) is 4.50. The summed E-state index contributed by atoms with van der Waals surface area (Å²) in [6.07, 6.45) is 0. The van der Waals surface area contributed by atoms with Gasteiger partial charge in [0, 0.05) is 12.7 Å². The molecule has 2 aromatic rings. The van der Waals surface area contributed by atoms with Gasteiger partial charge >= 0.3 is 0 Å². The molecule has 0 atom stereocenters. The molecule has 0 aliphatic carbocycles. The molecule has 0 saturated heterocycles. The van der Waals surface area contributed by atoms with Gasteiger partial charge < -0.3 is 5.32 Å². The second kappa shape index (κ2) is 4.79. The van der Waals surface area contributed by atoms with Gasteiger partial charge in [-0.2, -0.15) is 0 Å². The maximum atomic E-state index is 4.43. The zero-order valence-electron chi connectivity index (χ0n) is 9.95. The first kappa shape index (κ1) is 12.0. The number of rotatable bonds is 2. The second-order valence-electron chi connectivity index (χ2n) is 3.71. The van der Waals surface area contributed by atoms with Crippen molar-refractivity contribution < 1.29 is 0 Å². The van der Waals surface area contributed by atoms with Crippen LogP contribution in [0.4, 0.5) is 5.82 Å². The van der Waals surface area contributed by atoms with Crippen molar-refractivity contribution in [1.29, 1.82) is 0 Å². The third-order valence-corrected chi connectivity index (χ3v) is 3.32. The minimum absolute atomic E-state index is 0.638. The van der Waals surface area contributed by atoms with E-state index in [1.165, 1.54) is 0 Å². The van der Waals surface area contributed by atoms with Crippen LogP contribution in [0.5, 0.6) is 0 Å². The lowest BCUT2D eigenvalue weighted by Crippen LogP contribution is -2.01. The SMILES string of the molecule is CNc1nc(-c2cccc(C)n2)nc(C)c1Br. The van der Waals surface area contributed by atoms with Crippen LogP contribution in [0.3, 0.4) is 0 Å². The third-order valence-electron chi connectivity index (χ3n) is 2.37. The van der Waals surface area contributed by atoms with Crippen LogP contribution >= 0.6 is 15.9 Å². The number of nitrogens with one attached hydrogen (secondary N) is 1. The van der Waals surface area contributed by atoms with E-state index in [0.717, 1.165) is 27.4 Å². The van der Waals surface area contributed by atoms with Crippen molar-refractivity contribution >= 4 is 21.7 Å². The molecule has 2 heterocycles. The van der Waals surface area contributed by atoms with E-state index >= 15 is 0 Å². The highest BCUT2D eigenvalue weighted by atomic mass is 79.9. The van der Waals surface area contributed by atoms with Crippen LogP contribution < -0.4 is 5.32 Å². The minimum Gasteiger partial charge on any atom is -0.372 e. The molecule has 5 heteroatoms. The normalized spacial score (nSPS) is 10.4. The van der Waals surface area contributed by atoms with Crippen LogP contribution in [0.1, 0.15) is 11.4 Å². The molecule has 0 unspecified atom stereocenters. The molecule has 4 nitrogen and oxygen atoms in total. The van der Waals surface area contributed by atoms with Gasteiger partial charge in [0.25, 0.3) is 0 Å². The molecular formula is C12H13BrN4. The molecule has 2 rings (SSSR count). The molecule has 2 aromatic heterocycles. The zero-order chi connectivity index (χ0) is 12.4. The highest BCUT2D eigenvalue weighted by Crippen LogP contribution is 2.25. The molecule has 0 saturated carbocycles. The Labute approximate surface area is 109 Å². The molecule has 0 radical (unpaired) electrons. The standard InChI is InChI=1S/C12H13BrN4/c1-7-5-4-6-9(15-7)11-16-8(2)10(13)12(14-3)17-11/h4-6H,1-3H3,(H,14,16,17). The Morgan fingerprint density at radius 1 is 1.12 bits per heavy atom. The maximum Gasteiger partial charge on any atom is 0.180 e. The molecule has 0 aliphatic rings. The maximum absolute atomic E-state index is 4.43. The van der Waals surface area contributed by atoms with Crippen LogP contribution in [0.25, 0.3) is 11.5 Å². The first-order valence-electron chi connectivity index (χ1n) is 5.27. The molecule has 0 bridgehead atoms. The summed E-state index contributed by atoms with van der Waals surface area (Å²) in [4.78, 5) is 13.3. The highest BCUT2D eigenvalue weighted by molar-refractivity contribution is 9.10. The highest BCUT2D eigenvalue weighted by Gasteiger charge is 2.10. The minimum atomic E-state index is 0.638. The molecule has 88 valence electrons. The Hall–Kier alpha value is -1.49. The van der Waals surface area contributed by atoms with Crippen molar-refractivity contribution in [2.45, 2.75) is 13.8 Å². The van der Waals surface area contributed by atoms with Crippen molar-refractivity contribution in [1.82, 2.24) is 15.0 Å². The van der Waals surface area contributed by atoms with Crippen molar-refractivity contribution in [3.8, 4) is 11.5 Å². The molecule has 0 aliphatic heterocycles. The average molecular weight is 293 g/mol. The van der Waals surface area contributed by atoms with Crippen LogP contribution in [-0.4, -0.2) is 22.0 Å². The van der Waals surface area contributed by atoms with Crippen LogP contribution in [-0.2, 0) is 0 Å². The summed E-state index contributed by atoms with van der Waals surface area (Å²) in [6, 6.07) is 5.82. The Balaban J connectivity index is 2.56. The van der Waals surface area contributed by atoms with E-state index < -0.39 is 0 Å². The van der Waals surface area contributed by atoms with E-state index in [1.54, 1.807) is 0 Å². The van der Waals surface area contributed by atoms with E-state index in [1.807, 2.05) is 39.1 Å². The summed E-state index contributed by atoms with van der Waals surface area (Å²) in [5.41, 5.74) is 2.64. The zero-order valence-corrected chi connectivity index (χ0v) is 11.5. The van der Waals surface area contributed by atoms with Gasteiger partial charge in [0.15, 0.2) is 5.82 Å². The van der Waals surface area contributed by atoms with Gasteiger partial charge in [-0.1, -0.05) is 6.07 Å². The molecule has 1 N–H and O–H groups in total. The molecular weight excluding hydrogens is 280 g/mol. The van der Waals surface area contributed by atoms with E-state index in [4.69, 9.17) is 0 Å². The van der Waals surface area contributed by atoms with Crippen molar-refractivity contribution in [2.24, 2.45) is 0 Å².